The van der Waals surface area contributed by atoms with Crippen molar-refractivity contribution in [3.05, 3.63) is 65.2 Å². The number of alkyl carbamates (subject to hydrolysis) is 1. The van der Waals surface area contributed by atoms with Crippen LogP contribution in [0.1, 0.15) is 27.9 Å². The number of nitrogens with one attached hydrogen (secondary N) is 1. The molecule has 0 aliphatic heterocycles. The number of methoxy groups -OCH3 is 1. The zero-order chi connectivity index (χ0) is 18.8. The Morgan fingerprint density at radius 3 is 2.58 bits per heavy atom. The highest BCUT2D eigenvalue weighted by Gasteiger charge is 2.14. The van der Waals surface area contributed by atoms with Gasteiger partial charge in [0.05, 0.1) is 7.11 Å². The number of benzene rings is 2. The second-order valence-corrected chi connectivity index (χ2v) is 5.23. The fourth-order valence-electron chi connectivity index (χ4n) is 2.18. The van der Waals surface area contributed by atoms with Crippen molar-refractivity contribution >= 4 is 12.1 Å². The van der Waals surface area contributed by atoms with Crippen molar-refractivity contribution < 1.29 is 24.2 Å². The molecule has 0 bridgehead atoms. The predicted molar refractivity (Wildman–Crippen MR) is 96.1 cm³/mol. The molecule has 0 atom stereocenters. The Hall–Kier alpha value is -3.46. The van der Waals surface area contributed by atoms with Crippen LogP contribution in [0.3, 0.4) is 0 Å². The molecular weight excluding hydrogens is 334 g/mol. The van der Waals surface area contributed by atoms with E-state index in [1.165, 1.54) is 7.11 Å². The number of hydrogen-bond acceptors (Lipinski definition) is 4. The Bertz CT molecular complexity index is 821. The topological polar surface area (TPSA) is 84.9 Å². The van der Waals surface area contributed by atoms with Gasteiger partial charge in [-0.2, -0.15) is 0 Å². The third-order valence-electron chi connectivity index (χ3n) is 3.42. The van der Waals surface area contributed by atoms with E-state index in [-0.39, 0.29) is 17.9 Å². The number of carboxylic acids is 1. The Labute approximate surface area is 151 Å². The van der Waals surface area contributed by atoms with Crippen LogP contribution >= 0.6 is 0 Å². The van der Waals surface area contributed by atoms with Crippen LogP contribution in [-0.4, -0.2) is 30.8 Å². The van der Waals surface area contributed by atoms with Crippen LogP contribution in [0, 0.1) is 11.8 Å². The Morgan fingerprint density at radius 1 is 1.12 bits per heavy atom. The van der Waals surface area contributed by atoms with Crippen LogP contribution in [0.5, 0.6) is 5.75 Å². The summed E-state index contributed by atoms with van der Waals surface area (Å²) in [7, 11) is 1.41. The van der Waals surface area contributed by atoms with Gasteiger partial charge in [0.2, 0.25) is 0 Å². The van der Waals surface area contributed by atoms with Crippen molar-refractivity contribution in [3.8, 4) is 17.6 Å². The van der Waals surface area contributed by atoms with Gasteiger partial charge in [-0.3, -0.25) is 0 Å². The standard InChI is InChI=1S/C20H19NO5/c1-25-17-12-7-11-16(18(17)19(22)23)10-5-6-13-21-20(24)26-14-15-8-3-2-4-9-15/h2-4,7-9,11-12H,6,13-14H2,1H3,(H,21,24)(H,22,23). The Morgan fingerprint density at radius 2 is 1.88 bits per heavy atom. The third-order valence-corrected chi connectivity index (χ3v) is 3.42. The highest BCUT2D eigenvalue weighted by Crippen LogP contribution is 2.21. The van der Waals surface area contributed by atoms with E-state index in [9.17, 15) is 14.7 Å². The lowest BCUT2D eigenvalue weighted by molar-refractivity contribution is 0.0693. The average Bonchev–Trinajstić information content (AvgIpc) is 2.66. The normalized spacial score (nSPS) is 9.58. The van der Waals surface area contributed by atoms with Gasteiger partial charge in [-0.1, -0.05) is 48.2 Å². The SMILES string of the molecule is COc1cccc(C#CCCNC(=O)OCc2ccccc2)c1C(=O)O. The second kappa shape index (κ2) is 9.74. The highest BCUT2D eigenvalue weighted by atomic mass is 16.5. The van der Waals surface area contributed by atoms with E-state index in [4.69, 9.17) is 9.47 Å². The molecule has 0 heterocycles. The summed E-state index contributed by atoms with van der Waals surface area (Å²) in [6.45, 7) is 0.497. The summed E-state index contributed by atoms with van der Waals surface area (Å²) in [6, 6.07) is 14.2. The van der Waals surface area contributed by atoms with Gasteiger partial charge in [-0.15, -0.1) is 0 Å². The molecule has 2 N–H and O–H groups in total. The largest absolute Gasteiger partial charge is 0.496 e. The van der Waals surface area contributed by atoms with Crippen molar-refractivity contribution in [2.24, 2.45) is 0 Å². The molecule has 2 aromatic rings. The van der Waals surface area contributed by atoms with Gasteiger partial charge < -0.3 is 19.9 Å². The Balaban J connectivity index is 1.82. The van der Waals surface area contributed by atoms with E-state index in [2.05, 4.69) is 17.2 Å². The molecule has 0 aliphatic carbocycles. The maximum Gasteiger partial charge on any atom is 0.407 e. The maximum atomic E-state index is 11.6. The smallest absolute Gasteiger partial charge is 0.407 e. The summed E-state index contributed by atoms with van der Waals surface area (Å²) < 4.78 is 10.1. The highest BCUT2D eigenvalue weighted by molar-refractivity contribution is 5.94. The number of carbonyl (C=O) groups excluding carboxylic acids is 1. The predicted octanol–water partition coefficient (Wildman–Crippen LogP) is 3.06. The van der Waals surface area contributed by atoms with Crippen LogP contribution in [-0.2, 0) is 11.3 Å². The van der Waals surface area contributed by atoms with Crippen molar-refractivity contribution in [3.63, 3.8) is 0 Å². The van der Waals surface area contributed by atoms with Crippen molar-refractivity contribution in [2.45, 2.75) is 13.0 Å². The quantitative estimate of drug-likeness (QED) is 0.616. The first-order chi connectivity index (χ1) is 12.6. The molecule has 0 saturated carbocycles. The molecule has 0 fully saturated rings. The van der Waals surface area contributed by atoms with Gasteiger partial charge >= 0.3 is 12.1 Å². The van der Waals surface area contributed by atoms with Crippen molar-refractivity contribution in [1.82, 2.24) is 5.32 Å². The minimum Gasteiger partial charge on any atom is -0.496 e. The Kier molecular flexibility index (Phi) is 7.07. The molecule has 6 nitrogen and oxygen atoms in total. The lowest BCUT2D eigenvalue weighted by atomic mass is 10.1. The van der Waals surface area contributed by atoms with Crippen LogP contribution in [0.4, 0.5) is 4.79 Å². The van der Waals surface area contributed by atoms with Crippen LogP contribution in [0.15, 0.2) is 48.5 Å². The van der Waals surface area contributed by atoms with Crippen LogP contribution in [0.2, 0.25) is 0 Å². The lowest BCUT2D eigenvalue weighted by Crippen LogP contribution is -2.24. The molecule has 0 saturated heterocycles. The first kappa shape index (κ1) is 18.9. The van der Waals surface area contributed by atoms with E-state index in [0.717, 1.165) is 5.56 Å². The van der Waals surface area contributed by atoms with Gasteiger partial charge in [0.1, 0.15) is 17.9 Å². The number of aromatic carboxylic acids is 1. The van der Waals surface area contributed by atoms with Gasteiger partial charge in [-0.05, 0) is 17.7 Å². The zero-order valence-electron chi connectivity index (χ0n) is 14.3. The second-order valence-electron chi connectivity index (χ2n) is 5.23. The number of amides is 1. The molecule has 6 heteroatoms. The summed E-state index contributed by atoms with van der Waals surface area (Å²) in [5.74, 6) is 4.79. The van der Waals surface area contributed by atoms with Gasteiger partial charge in [0.15, 0.2) is 0 Å². The number of hydrogen-bond donors (Lipinski definition) is 2. The summed E-state index contributed by atoms with van der Waals surface area (Å²) in [4.78, 5) is 22.9. The minimum absolute atomic E-state index is 0.0257. The molecule has 2 aromatic carbocycles. The summed E-state index contributed by atoms with van der Waals surface area (Å²) in [5.41, 5.74) is 1.29. The van der Waals surface area contributed by atoms with Gasteiger partial charge in [-0.25, -0.2) is 9.59 Å². The molecule has 1 amide bonds. The van der Waals surface area contributed by atoms with E-state index < -0.39 is 12.1 Å². The summed E-state index contributed by atoms with van der Waals surface area (Å²) >= 11 is 0. The number of carbonyl (C=O) groups is 2. The third kappa shape index (κ3) is 5.56. The molecule has 134 valence electrons. The van der Waals surface area contributed by atoms with E-state index in [1.807, 2.05) is 30.3 Å². The fourth-order valence-corrected chi connectivity index (χ4v) is 2.18. The van der Waals surface area contributed by atoms with Crippen molar-refractivity contribution in [1.29, 1.82) is 0 Å². The molecular formula is C20H19NO5. The molecule has 0 spiro atoms. The van der Waals surface area contributed by atoms with E-state index in [0.29, 0.717) is 18.5 Å². The summed E-state index contributed by atoms with van der Waals surface area (Å²) in [5, 5.41) is 11.9. The monoisotopic (exact) mass is 353 g/mol. The van der Waals surface area contributed by atoms with Gasteiger partial charge in [0, 0.05) is 18.5 Å². The molecule has 26 heavy (non-hydrogen) atoms. The molecule has 0 unspecified atom stereocenters. The first-order valence-corrected chi connectivity index (χ1v) is 7.95. The number of carboxylic acid groups (broad SMARTS) is 1. The molecule has 2 rings (SSSR count). The fraction of sp³-hybridized carbons (Fsp3) is 0.200. The van der Waals surface area contributed by atoms with Gasteiger partial charge in [0.25, 0.3) is 0 Å². The van der Waals surface area contributed by atoms with Crippen LogP contribution in [0.25, 0.3) is 0 Å². The zero-order valence-corrected chi connectivity index (χ0v) is 14.3. The van der Waals surface area contributed by atoms with Crippen molar-refractivity contribution in [2.75, 3.05) is 13.7 Å². The first-order valence-electron chi connectivity index (χ1n) is 7.95. The maximum absolute atomic E-state index is 11.6. The minimum atomic E-state index is -1.10. The molecule has 0 radical (unpaired) electrons. The lowest BCUT2D eigenvalue weighted by Gasteiger charge is -2.06. The van der Waals surface area contributed by atoms with E-state index in [1.54, 1.807) is 18.2 Å². The van der Waals surface area contributed by atoms with E-state index >= 15 is 0 Å². The average molecular weight is 353 g/mol. The molecule has 0 aromatic heterocycles. The number of rotatable bonds is 6. The molecule has 0 aliphatic rings. The summed E-state index contributed by atoms with van der Waals surface area (Å²) in [6.07, 6.45) is -0.167. The number of ether oxygens (including phenoxy) is 2. The van der Waals surface area contributed by atoms with Crippen LogP contribution < -0.4 is 10.1 Å².